The minimum Gasteiger partial charge on any atom is -0.425 e. The highest BCUT2D eigenvalue weighted by atomic mass is 16.7. The monoisotopic (exact) mass is 346 g/mol. The Morgan fingerprint density at radius 3 is 1.21 bits per heavy atom. The first-order valence-electron chi connectivity index (χ1n) is 8.06. The molecule has 0 saturated heterocycles. The van der Waals surface area contributed by atoms with Gasteiger partial charge in [0.2, 0.25) is 12.6 Å². The molecule has 0 aliphatic rings. The van der Waals surface area contributed by atoms with Crippen LogP contribution in [0, 0.1) is 0 Å². The summed E-state index contributed by atoms with van der Waals surface area (Å²) in [6.07, 6.45) is -0.403. The van der Waals surface area contributed by atoms with Gasteiger partial charge >= 0.3 is 23.9 Å². The SMILES string of the molecule is CCC(=O)OC(C)OC(=O)CCCCC(=O)OC(C)OC(=O)CC. The van der Waals surface area contributed by atoms with Crippen LogP contribution in [0.3, 0.4) is 0 Å². The summed E-state index contributed by atoms with van der Waals surface area (Å²) in [6, 6.07) is 0. The summed E-state index contributed by atoms with van der Waals surface area (Å²) in [5, 5.41) is 0. The number of ether oxygens (including phenoxy) is 4. The van der Waals surface area contributed by atoms with Crippen LogP contribution in [0.25, 0.3) is 0 Å². The fourth-order valence-electron chi connectivity index (χ4n) is 1.61. The fourth-order valence-corrected chi connectivity index (χ4v) is 1.61. The fraction of sp³-hybridized carbons (Fsp3) is 0.750. The standard InChI is InChI=1S/C16H26O8/c1-5-13(17)21-11(3)23-15(19)9-7-8-10-16(20)24-12(4)22-14(18)6-2/h11-12H,5-10H2,1-4H3. The summed E-state index contributed by atoms with van der Waals surface area (Å²) in [5.74, 6) is -1.91. The molecule has 0 heterocycles. The van der Waals surface area contributed by atoms with Gasteiger partial charge in [0.05, 0.1) is 0 Å². The van der Waals surface area contributed by atoms with E-state index in [1.54, 1.807) is 13.8 Å². The first-order chi connectivity index (χ1) is 11.3. The van der Waals surface area contributed by atoms with Crippen LogP contribution < -0.4 is 0 Å². The average molecular weight is 346 g/mol. The molecule has 138 valence electrons. The molecule has 0 aliphatic carbocycles. The summed E-state index contributed by atoms with van der Waals surface area (Å²) >= 11 is 0. The van der Waals surface area contributed by atoms with E-state index in [0.29, 0.717) is 12.8 Å². The van der Waals surface area contributed by atoms with Gasteiger partial charge in [0, 0.05) is 39.5 Å². The second-order valence-corrected chi connectivity index (χ2v) is 5.01. The van der Waals surface area contributed by atoms with E-state index in [9.17, 15) is 19.2 Å². The second-order valence-electron chi connectivity index (χ2n) is 5.01. The molecule has 0 aromatic heterocycles. The van der Waals surface area contributed by atoms with E-state index in [2.05, 4.69) is 0 Å². The smallest absolute Gasteiger partial charge is 0.308 e. The third kappa shape index (κ3) is 11.4. The Morgan fingerprint density at radius 1 is 0.625 bits per heavy atom. The molecular weight excluding hydrogens is 320 g/mol. The summed E-state index contributed by atoms with van der Waals surface area (Å²) < 4.78 is 19.4. The highest BCUT2D eigenvalue weighted by Crippen LogP contribution is 2.07. The van der Waals surface area contributed by atoms with Gasteiger partial charge in [0.1, 0.15) is 0 Å². The van der Waals surface area contributed by atoms with Crippen LogP contribution in [0.4, 0.5) is 0 Å². The van der Waals surface area contributed by atoms with Gasteiger partial charge in [-0.05, 0) is 12.8 Å². The van der Waals surface area contributed by atoms with Crippen molar-refractivity contribution >= 4 is 23.9 Å². The molecule has 0 aromatic carbocycles. The van der Waals surface area contributed by atoms with Gasteiger partial charge in [-0.2, -0.15) is 0 Å². The van der Waals surface area contributed by atoms with E-state index in [4.69, 9.17) is 18.9 Å². The van der Waals surface area contributed by atoms with Crippen molar-refractivity contribution in [3.63, 3.8) is 0 Å². The molecule has 0 radical (unpaired) electrons. The van der Waals surface area contributed by atoms with Gasteiger partial charge in [-0.25, -0.2) is 0 Å². The van der Waals surface area contributed by atoms with Crippen molar-refractivity contribution in [2.24, 2.45) is 0 Å². The molecule has 0 saturated carbocycles. The lowest BCUT2D eigenvalue weighted by Crippen LogP contribution is -2.22. The van der Waals surface area contributed by atoms with E-state index in [0.717, 1.165) is 0 Å². The van der Waals surface area contributed by atoms with E-state index < -0.39 is 36.5 Å². The lowest BCUT2D eigenvalue weighted by atomic mass is 10.2. The van der Waals surface area contributed by atoms with Crippen LogP contribution in [0.5, 0.6) is 0 Å². The normalized spacial score (nSPS) is 12.7. The molecule has 0 aliphatic heterocycles. The summed E-state index contributed by atoms with van der Waals surface area (Å²) in [7, 11) is 0. The van der Waals surface area contributed by atoms with Crippen molar-refractivity contribution < 1.29 is 38.1 Å². The Hall–Kier alpha value is -2.12. The molecule has 0 bridgehead atoms. The third-order valence-electron chi connectivity index (χ3n) is 2.78. The Balaban J connectivity index is 3.80. The van der Waals surface area contributed by atoms with Crippen LogP contribution in [0.2, 0.25) is 0 Å². The van der Waals surface area contributed by atoms with E-state index >= 15 is 0 Å². The highest BCUT2D eigenvalue weighted by molar-refractivity contribution is 5.72. The average Bonchev–Trinajstić information content (AvgIpc) is 2.50. The predicted molar refractivity (Wildman–Crippen MR) is 82.3 cm³/mol. The zero-order valence-corrected chi connectivity index (χ0v) is 14.7. The number of carbonyl (C=O) groups excluding carboxylic acids is 4. The van der Waals surface area contributed by atoms with Crippen LogP contribution in [0.15, 0.2) is 0 Å². The van der Waals surface area contributed by atoms with Crippen LogP contribution in [-0.4, -0.2) is 36.5 Å². The van der Waals surface area contributed by atoms with Gasteiger partial charge in [0.25, 0.3) is 0 Å². The minimum absolute atomic E-state index is 0.0989. The molecular formula is C16H26O8. The zero-order valence-electron chi connectivity index (χ0n) is 14.7. The summed E-state index contributed by atoms with van der Waals surface area (Å²) in [4.78, 5) is 45.1. The maximum absolute atomic E-state index is 11.5. The first kappa shape index (κ1) is 21.9. The van der Waals surface area contributed by atoms with Crippen molar-refractivity contribution in [1.82, 2.24) is 0 Å². The largest absolute Gasteiger partial charge is 0.425 e. The van der Waals surface area contributed by atoms with Crippen molar-refractivity contribution in [1.29, 1.82) is 0 Å². The Morgan fingerprint density at radius 2 is 0.917 bits per heavy atom. The Kier molecular flexibility index (Phi) is 11.2. The molecule has 8 heteroatoms. The van der Waals surface area contributed by atoms with Gasteiger partial charge in [-0.3, -0.25) is 19.2 Å². The maximum atomic E-state index is 11.5. The lowest BCUT2D eigenvalue weighted by Gasteiger charge is -2.14. The molecule has 0 fully saturated rings. The lowest BCUT2D eigenvalue weighted by molar-refractivity contribution is -0.187. The Bertz CT molecular complexity index is 392. The maximum Gasteiger partial charge on any atom is 0.308 e. The molecule has 0 amide bonds. The number of hydrogen-bond donors (Lipinski definition) is 0. The van der Waals surface area contributed by atoms with Gasteiger partial charge in [0.15, 0.2) is 0 Å². The molecule has 0 aromatic rings. The molecule has 0 rings (SSSR count). The van der Waals surface area contributed by atoms with Crippen molar-refractivity contribution in [3.05, 3.63) is 0 Å². The molecule has 2 unspecified atom stereocenters. The first-order valence-corrected chi connectivity index (χ1v) is 8.06. The predicted octanol–water partition coefficient (Wildman–Crippen LogP) is 2.23. The topological polar surface area (TPSA) is 105 Å². The summed E-state index contributed by atoms with van der Waals surface area (Å²) in [5.41, 5.74) is 0. The number of rotatable bonds is 11. The number of hydrogen-bond acceptors (Lipinski definition) is 8. The van der Waals surface area contributed by atoms with Gasteiger partial charge in [-0.15, -0.1) is 0 Å². The molecule has 0 N–H and O–H groups in total. The van der Waals surface area contributed by atoms with E-state index in [-0.39, 0.29) is 25.7 Å². The van der Waals surface area contributed by atoms with Crippen molar-refractivity contribution in [2.45, 2.75) is 78.8 Å². The number of unbranched alkanes of at least 4 members (excludes halogenated alkanes) is 1. The third-order valence-corrected chi connectivity index (χ3v) is 2.78. The van der Waals surface area contributed by atoms with Crippen LogP contribution >= 0.6 is 0 Å². The highest BCUT2D eigenvalue weighted by Gasteiger charge is 2.15. The summed E-state index contributed by atoms with van der Waals surface area (Å²) in [6.45, 7) is 6.20. The van der Waals surface area contributed by atoms with Crippen LogP contribution in [-0.2, 0) is 38.1 Å². The molecule has 2 atom stereocenters. The molecule has 8 nitrogen and oxygen atoms in total. The zero-order chi connectivity index (χ0) is 18.5. The van der Waals surface area contributed by atoms with Gasteiger partial charge in [-0.1, -0.05) is 13.8 Å². The molecule has 24 heavy (non-hydrogen) atoms. The van der Waals surface area contributed by atoms with Gasteiger partial charge < -0.3 is 18.9 Å². The van der Waals surface area contributed by atoms with Crippen molar-refractivity contribution in [2.75, 3.05) is 0 Å². The second kappa shape index (κ2) is 12.3. The Labute approximate surface area is 141 Å². The van der Waals surface area contributed by atoms with E-state index in [1.165, 1.54) is 13.8 Å². The van der Waals surface area contributed by atoms with E-state index in [1.807, 2.05) is 0 Å². The quantitative estimate of drug-likeness (QED) is 0.318. The molecule has 0 spiro atoms. The minimum atomic E-state index is -0.927. The number of esters is 4. The number of carbonyl (C=O) groups is 4. The van der Waals surface area contributed by atoms with Crippen LogP contribution in [0.1, 0.15) is 66.2 Å². The van der Waals surface area contributed by atoms with Crippen molar-refractivity contribution in [3.8, 4) is 0 Å².